The first-order valence-corrected chi connectivity index (χ1v) is 6.95. The average Bonchev–Trinajstić information content (AvgIpc) is 2.94. The smallest absolute Gasteiger partial charge is 0.312 e. The van der Waals surface area contributed by atoms with E-state index in [1.165, 1.54) is 12.4 Å². The van der Waals surface area contributed by atoms with Gasteiger partial charge in [0.05, 0.1) is 5.69 Å². The average molecular weight is 286 g/mol. The second-order valence-corrected chi connectivity index (χ2v) is 5.22. The molecule has 1 aromatic heterocycles. The molecule has 1 heterocycles. The number of carboxylic acid groups (broad SMARTS) is 1. The van der Waals surface area contributed by atoms with E-state index in [2.05, 4.69) is 9.97 Å². The number of hydrogen-bond donors (Lipinski definition) is 1. The van der Waals surface area contributed by atoms with Crippen molar-refractivity contribution in [2.45, 2.75) is 31.6 Å². The number of hydrogen-bond acceptors (Lipinski definition) is 3. The van der Waals surface area contributed by atoms with E-state index in [1.54, 1.807) is 18.2 Å². The van der Waals surface area contributed by atoms with Crippen LogP contribution < -0.4 is 0 Å². The third-order valence-electron chi connectivity index (χ3n) is 3.92. The molecule has 1 aromatic carbocycles. The number of nitrogens with zero attached hydrogens (tertiary/aromatic N) is 2. The quantitative estimate of drug-likeness (QED) is 0.938. The molecule has 108 valence electrons. The molecule has 1 aliphatic rings. The molecule has 1 aliphatic carbocycles. The number of fused-ring (bicyclic) bond motifs is 1. The number of aliphatic carboxylic acids is 1. The number of halogens is 1. The zero-order valence-corrected chi connectivity index (χ0v) is 11.4. The molecular weight excluding hydrogens is 271 g/mol. The maximum absolute atomic E-state index is 13.8. The summed E-state index contributed by atoms with van der Waals surface area (Å²) in [4.78, 5) is 20.0. The Kier molecular flexibility index (Phi) is 3.64. The van der Waals surface area contributed by atoms with Crippen LogP contribution in [0.25, 0.3) is 0 Å². The topological polar surface area (TPSA) is 63.1 Å². The lowest BCUT2D eigenvalue weighted by molar-refractivity contribution is -0.138. The van der Waals surface area contributed by atoms with Crippen molar-refractivity contribution >= 4 is 5.97 Å². The molecule has 21 heavy (non-hydrogen) atoms. The molecule has 2 aromatic rings. The summed E-state index contributed by atoms with van der Waals surface area (Å²) in [7, 11) is 0. The predicted octanol–water partition coefficient (Wildman–Crippen LogP) is 2.52. The first-order valence-electron chi connectivity index (χ1n) is 6.95. The van der Waals surface area contributed by atoms with Gasteiger partial charge in [-0.15, -0.1) is 0 Å². The third-order valence-corrected chi connectivity index (χ3v) is 3.92. The van der Waals surface area contributed by atoms with Gasteiger partial charge in [0.25, 0.3) is 0 Å². The number of carbonyl (C=O) groups is 1. The van der Waals surface area contributed by atoms with Crippen molar-refractivity contribution in [1.82, 2.24) is 9.97 Å². The SMILES string of the molecule is O=C(O)C(Cc1ccccc1F)c1ncnc2c1CCC2. The van der Waals surface area contributed by atoms with Gasteiger partial charge < -0.3 is 5.11 Å². The lowest BCUT2D eigenvalue weighted by Crippen LogP contribution is -2.19. The molecule has 0 radical (unpaired) electrons. The van der Waals surface area contributed by atoms with Crippen LogP contribution >= 0.6 is 0 Å². The van der Waals surface area contributed by atoms with Gasteiger partial charge in [-0.2, -0.15) is 0 Å². The second-order valence-electron chi connectivity index (χ2n) is 5.22. The minimum Gasteiger partial charge on any atom is -0.481 e. The van der Waals surface area contributed by atoms with Crippen molar-refractivity contribution in [3.63, 3.8) is 0 Å². The summed E-state index contributed by atoms with van der Waals surface area (Å²) in [6.45, 7) is 0. The van der Waals surface area contributed by atoms with Gasteiger partial charge in [0.1, 0.15) is 18.1 Å². The fourth-order valence-electron chi connectivity index (χ4n) is 2.87. The molecule has 4 nitrogen and oxygen atoms in total. The second kappa shape index (κ2) is 5.60. The van der Waals surface area contributed by atoms with Crippen molar-refractivity contribution in [3.05, 3.63) is 58.9 Å². The van der Waals surface area contributed by atoms with Crippen molar-refractivity contribution in [3.8, 4) is 0 Å². The van der Waals surface area contributed by atoms with E-state index in [-0.39, 0.29) is 12.2 Å². The van der Waals surface area contributed by atoms with E-state index in [4.69, 9.17) is 0 Å². The summed E-state index contributed by atoms with van der Waals surface area (Å²) in [6, 6.07) is 6.27. The number of rotatable bonds is 4. The van der Waals surface area contributed by atoms with E-state index in [1.807, 2.05) is 0 Å². The number of benzene rings is 1. The standard InChI is InChI=1S/C16H15FN2O2/c17-13-6-2-1-4-10(13)8-12(16(20)21)15-11-5-3-7-14(11)18-9-19-15/h1-2,4,6,9,12H,3,5,7-8H2,(H,20,21). The lowest BCUT2D eigenvalue weighted by atomic mass is 9.92. The van der Waals surface area contributed by atoms with Crippen LogP contribution in [0, 0.1) is 5.82 Å². The fourth-order valence-corrected chi connectivity index (χ4v) is 2.87. The minimum atomic E-state index is -0.981. The predicted molar refractivity (Wildman–Crippen MR) is 74.5 cm³/mol. The zero-order chi connectivity index (χ0) is 14.8. The lowest BCUT2D eigenvalue weighted by Gasteiger charge is -2.15. The number of carboxylic acids is 1. The first kappa shape index (κ1) is 13.7. The Bertz CT molecular complexity index is 688. The molecule has 0 fully saturated rings. The van der Waals surface area contributed by atoms with Crippen LogP contribution in [0.15, 0.2) is 30.6 Å². The van der Waals surface area contributed by atoms with E-state index in [0.29, 0.717) is 11.3 Å². The van der Waals surface area contributed by atoms with Crippen LogP contribution in [0.3, 0.4) is 0 Å². The first-order chi connectivity index (χ1) is 10.2. The Labute approximate surface area is 121 Å². The number of aryl methyl sites for hydroxylation is 1. The van der Waals surface area contributed by atoms with Crippen LogP contribution in [-0.4, -0.2) is 21.0 Å². The summed E-state index contributed by atoms with van der Waals surface area (Å²) in [5.41, 5.74) is 2.80. The van der Waals surface area contributed by atoms with Crippen LogP contribution in [0.1, 0.15) is 34.9 Å². The molecule has 0 amide bonds. The fraction of sp³-hybridized carbons (Fsp3) is 0.312. The van der Waals surface area contributed by atoms with Gasteiger partial charge in [-0.05, 0) is 42.9 Å². The van der Waals surface area contributed by atoms with Crippen LogP contribution in [0.5, 0.6) is 0 Å². The molecule has 0 aliphatic heterocycles. The maximum atomic E-state index is 13.8. The Morgan fingerprint density at radius 2 is 2.10 bits per heavy atom. The maximum Gasteiger partial charge on any atom is 0.312 e. The third kappa shape index (κ3) is 2.63. The summed E-state index contributed by atoms with van der Waals surface area (Å²) < 4.78 is 13.8. The van der Waals surface area contributed by atoms with Crippen LogP contribution in [0.2, 0.25) is 0 Å². The van der Waals surface area contributed by atoms with Crippen molar-refractivity contribution in [1.29, 1.82) is 0 Å². The molecule has 5 heteroatoms. The summed E-state index contributed by atoms with van der Waals surface area (Å²) in [6.07, 6.45) is 4.14. The Hall–Kier alpha value is -2.30. The molecule has 0 saturated carbocycles. The van der Waals surface area contributed by atoms with Crippen LogP contribution in [-0.2, 0) is 24.1 Å². The molecule has 1 unspecified atom stereocenters. The molecule has 3 rings (SSSR count). The highest BCUT2D eigenvalue weighted by atomic mass is 19.1. The van der Waals surface area contributed by atoms with Gasteiger partial charge in [-0.3, -0.25) is 4.79 Å². The van der Waals surface area contributed by atoms with Crippen LogP contribution in [0.4, 0.5) is 4.39 Å². The monoisotopic (exact) mass is 286 g/mol. The van der Waals surface area contributed by atoms with Gasteiger partial charge in [-0.1, -0.05) is 18.2 Å². The minimum absolute atomic E-state index is 0.103. The van der Waals surface area contributed by atoms with Gasteiger partial charge in [0.15, 0.2) is 0 Å². The largest absolute Gasteiger partial charge is 0.481 e. The molecule has 1 N–H and O–H groups in total. The number of aromatic nitrogens is 2. The normalized spacial score (nSPS) is 14.7. The van der Waals surface area contributed by atoms with E-state index < -0.39 is 11.9 Å². The van der Waals surface area contributed by atoms with Gasteiger partial charge in [-0.25, -0.2) is 14.4 Å². The molecule has 0 spiro atoms. The van der Waals surface area contributed by atoms with E-state index in [9.17, 15) is 14.3 Å². The van der Waals surface area contributed by atoms with Gasteiger partial charge in [0.2, 0.25) is 0 Å². The summed E-state index contributed by atoms with van der Waals surface area (Å²) in [5, 5.41) is 9.53. The summed E-state index contributed by atoms with van der Waals surface area (Å²) in [5.74, 6) is -2.20. The molecule has 1 atom stereocenters. The molecule has 0 bridgehead atoms. The van der Waals surface area contributed by atoms with Gasteiger partial charge >= 0.3 is 5.97 Å². The van der Waals surface area contributed by atoms with E-state index in [0.717, 1.165) is 30.5 Å². The highest BCUT2D eigenvalue weighted by molar-refractivity contribution is 5.76. The Morgan fingerprint density at radius 3 is 2.86 bits per heavy atom. The highest BCUT2D eigenvalue weighted by Gasteiger charge is 2.28. The van der Waals surface area contributed by atoms with Gasteiger partial charge in [0, 0.05) is 5.69 Å². The summed E-state index contributed by atoms with van der Waals surface area (Å²) >= 11 is 0. The Balaban J connectivity index is 1.98. The van der Waals surface area contributed by atoms with E-state index >= 15 is 0 Å². The molecular formula is C16H15FN2O2. The van der Waals surface area contributed by atoms with Crippen molar-refractivity contribution in [2.75, 3.05) is 0 Å². The zero-order valence-electron chi connectivity index (χ0n) is 11.4. The highest BCUT2D eigenvalue weighted by Crippen LogP contribution is 2.29. The van der Waals surface area contributed by atoms with Crippen molar-refractivity contribution in [2.24, 2.45) is 0 Å². The Morgan fingerprint density at radius 1 is 1.29 bits per heavy atom. The van der Waals surface area contributed by atoms with Crippen molar-refractivity contribution < 1.29 is 14.3 Å². The molecule has 0 saturated heterocycles.